The van der Waals surface area contributed by atoms with Crippen molar-refractivity contribution in [1.82, 2.24) is 0 Å². The van der Waals surface area contributed by atoms with Crippen LogP contribution >= 0.6 is 11.6 Å². The number of rotatable bonds is 4. The molecule has 0 fully saturated rings. The van der Waals surface area contributed by atoms with E-state index in [1.165, 1.54) is 11.1 Å². The molecule has 0 saturated heterocycles. The Morgan fingerprint density at radius 3 is 2.44 bits per heavy atom. The minimum absolute atomic E-state index is 0.352. The maximum absolute atomic E-state index is 6.16. The van der Waals surface area contributed by atoms with Crippen molar-refractivity contribution in [3.05, 3.63) is 70.2 Å². The summed E-state index contributed by atoms with van der Waals surface area (Å²) in [5, 5.41) is 0.830. The van der Waals surface area contributed by atoms with Gasteiger partial charge in [-0.2, -0.15) is 0 Å². The summed E-state index contributed by atoms with van der Waals surface area (Å²) >= 11 is 6.16. The number of hydrogen-bond donors (Lipinski definition) is 1. The van der Waals surface area contributed by atoms with Gasteiger partial charge in [-0.1, -0.05) is 54.1 Å². The molecule has 2 aromatic carbocycles. The summed E-state index contributed by atoms with van der Waals surface area (Å²) in [6.07, 6.45) is 0.931. The van der Waals surface area contributed by atoms with Gasteiger partial charge in [0, 0.05) is 10.9 Å². The second-order valence-electron chi connectivity index (χ2n) is 4.63. The molecule has 1 atom stereocenters. The molecule has 2 aromatic rings. The van der Waals surface area contributed by atoms with Crippen LogP contribution in [-0.4, -0.2) is 6.54 Å². The van der Waals surface area contributed by atoms with E-state index in [1.807, 2.05) is 19.1 Å². The average Bonchev–Trinajstić information content (AvgIpc) is 2.41. The maximum Gasteiger partial charge on any atom is 0.0437 e. The topological polar surface area (TPSA) is 26.0 Å². The molecule has 18 heavy (non-hydrogen) atoms. The van der Waals surface area contributed by atoms with Crippen molar-refractivity contribution in [3.63, 3.8) is 0 Å². The first-order valence-corrected chi connectivity index (χ1v) is 6.58. The zero-order valence-corrected chi connectivity index (χ0v) is 11.3. The summed E-state index contributed by atoms with van der Waals surface area (Å²) in [6.45, 7) is 2.67. The van der Waals surface area contributed by atoms with Gasteiger partial charge in [-0.05, 0) is 42.6 Å². The highest BCUT2D eigenvalue weighted by Crippen LogP contribution is 2.23. The fraction of sp³-hybridized carbons (Fsp3) is 0.250. The van der Waals surface area contributed by atoms with E-state index >= 15 is 0 Å². The molecule has 2 heteroatoms. The Kier molecular flexibility index (Phi) is 4.40. The zero-order chi connectivity index (χ0) is 13.0. The van der Waals surface area contributed by atoms with Crippen molar-refractivity contribution >= 4 is 11.6 Å². The third kappa shape index (κ3) is 3.12. The molecule has 0 aliphatic carbocycles. The molecule has 0 aliphatic rings. The molecule has 0 heterocycles. The van der Waals surface area contributed by atoms with Gasteiger partial charge in [0.15, 0.2) is 0 Å². The summed E-state index contributed by atoms with van der Waals surface area (Å²) in [5.74, 6) is 0.352. The molecule has 0 spiro atoms. The average molecular weight is 260 g/mol. The van der Waals surface area contributed by atoms with E-state index in [0.717, 1.165) is 17.0 Å². The van der Waals surface area contributed by atoms with E-state index in [2.05, 4.69) is 36.4 Å². The van der Waals surface area contributed by atoms with Crippen LogP contribution in [0.4, 0.5) is 0 Å². The maximum atomic E-state index is 6.16. The molecular formula is C16H18ClN. The van der Waals surface area contributed by atoms with Crippen LogP contribution in [-0.2, 0) is 6.42 Å². The summed E-state index contributed by atoms with van der Waals surface area (Å²) in [5.41, 5.74) is 9.53. The molecule has 0 aliphatic heterocycles. The molecule has 94 valence electrons. The van der Waals surface area contributed by atoms with E-state index < -0.39 is 0 Å². The number of halogens is 1. The number of hydrogen-bond acceptors (Lipinski definition) is 1. The van der Waals surface area contributed by atoms with Crippen molar-refractivity contribution in [2.75, 3.05) is 6.54 Å². The molecular weight excluding hydrogens is 242 g/mol. The molecule has 1 nitrogen and oxygen atoms in total. The van der Waals surface area contributed by atoms with Gasteiger partial charge >= 0.3 is 0 Å². The largest absolute Gasteiger partial charge is 0.330 e. The van der Waals surface area contributed by atoms with Gasteiger partial charge in [0.05, 0.1) is 0 Å². The van der Waals surface area contributed by atoms with Crippen LogP contribution in [0.5, 0.6) is 0 Å². The van der Waals surface area contributed by atoms with Gasteiger partial charge < -0.3 is 5.73 Å². The van der Waals surface area contributed by atoms with Crippen molar-refractivity contribution in [2.24, 2.45) is 5.73 Å². The number of nitrogens with two attached hydrogens (primary N) is 1. The lowest BCUT2D eigenvalue weighted by Gasteiger charge is -2.15. The number of benzene rings is 2. The molecule has 0 radical (unpaired) electrons. The Bertz CT molecular complexity index is 508. The lowest BCUT2D eigenvalue weighted by atomic mass is 9.92. The monoisotopic (exact) mass is 259 g/mol. The predicted molar refractivity (Wildman–Crippen MR) is 78.1 cm³/mol. The third-order valence-electron chi connectivity index (χ3n) is 3.27. The van der Waals surface area contributed by atoms with Crippen LogP contribution in [0.2, 0.25) is 5.02 Å². The van der Waals surface area contributed by atoms with Gasteiger partial charge in [-0.15, -0.1) is 0 Å². The standard InChI is InChI=1S/C16H18ClN/c1-12-7-8-13(10-16(12)17)9-15(11-18)14-5-3-2-4-6-14/h2-8,10,15H,9,11,18H2,1H3. The van der Waals surface area contributed by atoms with Crippen molar-refractivity contribution in [2.45, 2.75) is 19.3 Å². The van der Waals surface area contributed by atoms with Gasteiger partial charge in [0.1, 0.15) is 0 Å². The SMILES string of the molecule is Cc1ccc(CC(CN)c2ccccc2)cc1Cl. The van der Waals surface area contributed by atoms with E-state index in [9.17, 15) is 0 Å². The van der Waals surface area contributed by atoms with Crippen molar-refractivity contribution < 1.29 is 0 Å². The Balaban J connectivity index is 2.18. The van der Waals surface area contributed by atoms with Crippen LogP contribution in [0.3, 0.4) is 0 Å². The smallest absolute Gasteiger partial charge is 0.0437 e. The van der Waals surface area contributed by atoms with E-state index in [4.69, 9.17) is 17.3 Å². The minimum atomic E-state index is 0.352. The second kappa shape index (κ2) is 6.03. The summed E-state index contributed by atoms with van der Waals surface area (Å²) in [7, 11) is 0. The van der Waals surface area contributed by atoms with Crippen LogP contribution in [0.25, 0.3) is 0 Å². The normalized spacial score (nSPS) is 12.4. The fourth-order valence-corrected chi connectivity index (χ4v) is 2.31. The molecule has 0 amide bonds. The Morgan fingerprint density at radius 1 is 1.11 bits per heavy atom. The quantitative estimate of drug-likeness (QED) is 0.885. The highest BCUT2D eigenvalue weighted by Gasteiger charge is 2.10. The van der Waals surface area contributed by atoms with E-state index in [-0.39, 0.29) is 0 Å². The van der Waals surface area contributed by atoms with Crippen molar-refractivity contribution in [1.29, 1.82) is 0 Å². The van der Waals surface area contributed by atoms with E-state index in [1.54, 1.807) is 0 Å². The zero-order valence-electron chi connectivity index (χ0n) is 10.6. The van der Waals surface area contributed by atoms with Gasteiger partial charge in [-0.25, -0.2) is 0 Å². The van der Waals surface area contributed by atoms with Crippen molar-refractivity contribution in [3.8, 4) is 0 Å². The van der Waals surface area contributed by atoms with E-state index in [0.29, 0.717) is 12.5 Å². The fourth-order valence-electron chi connectivity index (χ4n) is 2.11. The van der Waals surface area contributed by atoms with Crippen LogP contribution < -0.4 is 5.73 Å². The number of aryl methyl sites for hydroxylation is 1. The Morgan fingerprint density at radius 2 is 1.83 bits per heavy atom. The van der Waals surface area contributed by atoms with Crippen LogP contribution in [0, 0.1) is 6.92 Å². The lowest BCUT2D eigenvalue weighted by molar-refractivity contribution is 0.694. The summed E-state index contributed by atoms with van der Waals surface area (Å²) in [4.78, 5) is 0. The highest BCUT2D eigenvalue weighted by molar-refractivity contribution is 6.31. The predicted octanol–water partition coefficient (Wildman–Crippen LogP) is 3.93. The first kappa shape index (κ1) is 13.1. The first-order chi connectivity index (χ1) is 8.70. The molecule has 0 bridgehead atoms. The highest BCUT2D eigenvalue weighted by atomic mass is 35.5. The molecule has 2 N–H and O–H groups in total. The Labute approximate surface area is 114 Å². The summed E-state index contributed by atoms with van der Waals surface area (Å²) < 4.78 is 0. The summed E-state index contributed by atoms with van der Waals surface area (Å²) in [6, 6.07) is 16.6. The van der Waals surface area contributed by atoms with Gasteiger partial charge in [-0.3, -0.25) is 0 Å². The minimum Gasteiger partial charge on any atom is -0.330 e. The third-order valence-corrected chi connectivity index (χ3v) is 3.68. The lowest BCUT2D eigenvalue weighted by Crippen LogP contribution is -2.15. The second-order valence-corrected chi connectivity index (χ2v) is 5.04. The molecule has 1 unspecified atom stereocenters. The van der Waals surface area contributed by atoms with Crippen LogP contribution in [0.1, 0.15) is 22.6 Å². The Hall–Kier alpha value is -1.31. The molecule has 0 aromatic heterocycles. The molecule has 0 saturated carbocycles. The van der Waals surface area contributed by atoms with Gasteiger partial charge in [0.25, 0.3) is 0 Å². The molecule has 2 rings (SSSR count). The van der Waals surface area contributed by atoms with Gasteiger partial charge in [0.2, 0.25) is 0 Å². The van der Waals surface area contributed by atoms with Crippen LogP contribution in [0.15, 0.2) is 48.5 Å². The first-order valence-electron chi connectivity index (χ1n) is 6.20.